The summed E-state index contributed by atoms with van der Waals surface area (Å²) in [5.41, 5.74) is 1.36. The van der Waals surface area contributed by atoms with Gasteiger partial charge in [-0.15, -0.1) is 0 Å². The molecule has 0 heterocycles. The molecule has 0 fully saturated rings. The van der Waals surface area contributed by atoms with Crippen LogP contribution in [0.4, 0.5) is 13.2 Å². The van der Waals surface area contributed by atoms with Gasteiger partial charge in [0, 0.05) is 6.42 Å². The van der Waals surface area contributed by atoms with Crippen molar-refractivity contribution in [3.05, 3.63) is 101 Å². The molecule has 0 saturated heterocycles. The third-order valence-electron chi connectivity index (χ3n) is 5.05. The molecule has 3 aromatic rings. The van der Waals surface area contributed by atoms with E-state index >= 15 is 0 Å². The molecule has 1 atom stereocenters. The second kappa shape index (κ2) is 11.4. The van der Waals surface area contributed by atoms with E-state index in [4.69, 9.17) is 9.47 Å². The van der Waals surface area contributed by atoms with E-state index in [-0.39, 0.29) is 12.8 Å². The number of carbonyl (C=O) groups excluding carboxylic acids is 2. The number of hydrogen-bond donors (Lipinski definition) is 1. The van der Waals surface area contributed by atoms with E-state index in [0.717, 1.165) is 23.3 Å². The van der Waals surface area contributed by atoms with Crippen LogP contribution >= 0.6 is 0 Å². The van der Waals surface area contributed by atoms with Crippen LogP contribution in [-0.2, 0) is 40.0 Å². The quantitative estimate of drug-likeness (QED) is 0.459. The average Bonchev–Trinajstić information content (AvgIpc) is 2.82. The zero-order valence-electron chi connectivity index (χ0n) is 18.5. The largest absolute Gasteiger partial charge is 0.489 e. The molecule has 0 spiro atoms. The lowest BCUT2D eigenvalue weighted by Gasteiger charge is -2.17. The summed E-state index contributed by atoms with van der Waals surface area (Å²) >= 11 is 0. The van der Waals surface area contributed by atoms with Crippen molar-refractivity contribution in [1.82, 2.24) is 5.32 Å². The van der Waals surface area contributed by atoms with E-state index in [1.165, 1.54) is 19.2 Å². The number of rotatable bonds is 9. The van der Waals surface area contributed by atoms with Crippen LogP contribution in [0.2, 0.25) is 0 Å². The summed E-state index contributed by atoms with van der Waals surface area (Å²) in [4.78, 5) is 24.7. The fourth-order valence-corrected chi connectivity index (χ4v) is 3.32. The summed E-state index contributed by atoms with van der Waals surface area (Å²) in [6.45, 7) is 0.384. The third kappa shape index (κ3) is 7.37. The van der Waals surface area contributed by atoms with E-state index < -0.39 is 29.7 Å². The molecule has 0 saturated carbocycles. The number of nitrogens with one attached hydrogen (secondary N) is 1. The van der Waals surface area contributed by atoms with E-state index in [2.05, 4.69) is 5.32 Å². The third-order valence-corrected chi connectivity index (χ3v) is 5.05. The Morgan fingerprint density at radius 3 is 2.21 bits per heavy atom. The molecule has 5 nitrogen and oxygen atoms in total. The Morgan fingerprint density at radius 2 is 1.56 bits per heavy atom. The second-order valence-corrected chi connectivity index (χ2v) is 7.64. The van der Waals surface area contributed by atoms with Crippen LogP contribution in [0, 0.1) is 0 Å². The first-order valence-corrected chi connectivity index (χ1v) is 10.5. The summed E-state index contributed by atoms with van der Waals surface area (Å²) in [5, 5.41) is 2.61. The Hall–Kier alpha value is -3.81. The summed E-state index contributed by atoms with van der Waals surface area (Å²) < 4.78 is 48.8. The van der Waals surface area contributed by atoms with Crippen molar-refractivity contribution in [1.29, 1.82) is 0 Å². The SMILES string of the molecule is COC(=O)[C@@H](Cc1cccc(OCc2ccccc2)c1)NC(=O)Cc1ccc(C(F)(F)F)cc1. The maximum absolute atomic E-state index is 12.7. The Balaban J connectivity index is 1.62. The van der Waals surface area contributed by atoms with Crippen molar-refractivity contribution < 1.29 is 32.2 Å². The maximum Gasteiger partial charge on any atom is 0.416 e. The summed E-state index contributed by atoms with van der Waals surface area (Å²) in [6, 6.07) is 20.2. The molecule has 8 heteroatoms. The average molecular weight is 471 g/mol. The van der Waals surface area contributed by atoms with Gasteiger partial charge in [-0.2, -0.15) is 13.2 Å². The minimum Gasteiger partial charge on any atom is -0.489 e. The fourth-order valence-electron chi connectivity index (χ4n) is 3.32. The standard InChI is InChI=1S/C26H24F3NO4/c1-33-25(32)23(30-24(31)16-18-10-12-21(13-11-18)26(27,28)29)15-20-8-5-9-22(14-20)34-17-19-6-3-2-4-7-19/h2-14,23H,15-17H2,1H3,(H,30,31)/t23-/m1/s1. The smallest absolute Gasteiger partial charge is 0.416 e. The topological polar surface area (TPSA) is 64.6 Å². The second-order valence-electron chi connectivity index (χ2n) is 7.64. The highest BCUT2D eigenvalue weighted by atomic mass is 19.4. The lowest BCUT2D eigenvalue weighted by Crippen LogP contribution is -2.43. The number of esters is 1. The van der Waals surface area contributed by atoms with Crippen molar-refractivity contribution >= 4 is 11.9 Å². The monoisotopic (exact) mass is 471 g/mol. The fraction of sp³-hybridized carbons (Fsp3) is 0.231. The number of halogens is 3. The van der Waals surface area contributed by atoms with Gasteiger partial charge in [-0.3, -0.25) is 4.79 Å². The number of hydrogen-bond acceptors (Lipinski definition) is 4. The summed E-state index contributed by atoms with van der Waals surface area (Å²) in [5.74, 6) is -0.524. The highest BCUT2D eigenvalue weighted by Gasteiger charge is 2.30. The molecule has 3 aromatic carbocycles. The minimum atomic E-state index is -4.45. The van der Waals surface area contributed by atoms with Crippen molar-refractivity contribution in [2.75, 3.05) is 7.11 Å². The van der Waals surface area contributed by atoms with Crippen LogP contribution in [0.1, 0.15) is 22.3 Å². The van der Waals surface area contributed by atoms with Crippen LogP contribution in [0.5, 0.6) is 5.75 Å². The molecular formula is C26H24F3NO4. The van der Waals surface area contributed by atoms with Crippen molar-refractivity contribution in [3.63, 3.8) is 0 Å². The summed E-state index contributed by atoms with van der Waals surface area (Å²) in [7, 11) is 1.22. The van der Waals surface area contributed by atoms with Crippen molar-refractivity contribution in [3.8, 4) is 5.75 Å². The normalized spacial score (nSPS) is 12.0. The van der Waals surface area contributed by atoms with Gasteiger partial charge in [0.15, 0.2) is 0 Å². The Bertz CT molecular complexity index is 1100. The molecule has 0 unspecified atom stereocenters. The number of methoxy groups -OCH3 is 1. The van der Waals surface area contributed by atoms with Crippen molar-refractivity contribution in [2.24, 2.45) is 0 Å². The molecule has 0 radical (unpaired) electrons. The zero-order chi connectivity index (χ0) is 24.6. The Morgan fingerprint density at radius 1 is 0.882 bits per heavy atom. The van der Waals surface area contributed by atoms with Crippen molar-refractivity contribution in [2.45, 2.75) is 31.7 Å². The van der Waals surface area contributed by atoms with E-state index in [1.54, 1.807) is 24.3 Å². The van der Waals surface area contributed by atoms with E-state index in [1.807, 2.05) is 30.3 Å². The number of carbonyl (C=O) groups is 2. The van der Waals surface area contributed by atoms with Gasteiger partial charge in [-0.1, -0.05) is 54.6 Å². The van der Waals surface area contributed by atoms with Gasteiger partial charge in [0.2, 0.25) is 5.91 Å². The molecule has 34 heavy (non-hydrogen) atoms. The van der Waals surface area contributed by atoms with Gasteiger partial charge in [-0.25, -0.2) is 4.79 Å². The first-order chi connectivity index (χ1) is 16.2. The molecular weight excluding hydrogens is 447 g/mol. The molecule has 0 aliphatic rings. The minimum absolute atomic E-state index is 0.161. The van der Waals surface area contributed by atoms with Gasteiger partial charge >= 0.3 is 12.1 Å². The van der Waals surface area contributed by atoms with Gasteiger partial charge in [0.1, 0.15) is 18.4 Å². The highest BCUT2D eigenvalue weighted by Crippen LogP contribution is 2.29. The molecule has 1 amide bonds. The van der Waals surface area contributed by atoms with Crippen LogP contribution in [-0.4, -0.2) is 25.0 Å². The Kier molecular flexibility index (Phi) is 8.29. The van der Waals surface area contributed by atoms with Crippen LogP contribution in [0.15, 0.2) is 78.9 Å². The van der Waals surface area contributed by atoms with Gasteiger partial charge in [0.05, 0.1) is 19.1 Å². The van der Waals surface area contributed by atoms with Crippen LogP contribution in [0.25, 0.3) is 0 Å². The highest BCUT2D eigenvalue weighted by molar-refractivity contribution is 5.85. The molecule has 178 valence electrons. The van der Waals surface area contributed by atoms with Crippen LogP contribution in [0.3, 0.4) is 0 Å². The van der Waals surface area contributed by atoms with Gasteiger partial charge in [-0.05, 0) is 41.0 Å². The molecule has 0 aromatic heterocycles. The lowest BCUT2D eigenvalue weighted by molar-refractivity contribution is -0.145. The molecule has 0 bridgehead atoms. The van der Waals surface area contributed by atoms with E-state index in [9.17, 15) is 22.8 Å². The lowest BCUT2D eigenvalue weighted by atomic mass is 10.0. The number of benzene rings is 3. The first-order valence-electron chi connectivity index (χ1n) is 10.5. The molecule has 0 aliphatic carbocycles. The summed E-state index contributed by atoms with van der Waals surface area (Å²) in [6.07, 6.45) is -4.46. The predicted octanol–water partition coefficient (Wildman–Crippen LogP) is 4.73. The number of alkyl halides is 3. The molecule has 1 N–H and O–H groups in total. The molecule has 0 aliphatic heterocycles. The number of amides is 1. The number of ether oxygens (including phenoxy) is 2. The van der Waals surface area contributed by atoms with Crippen LogP contribution < -0.4 is 10.1 Å². The zero-order valence-corrected chi connectivity index (χ0v) is 18.5. The first kappa shape index (κ1) is 24.8. The Labute approximate surface area is 195 Å². The van der Waals surface area contributed by atoms with E-state index in [0.29, 0.717) is 17.9 Å². The van der Waals surface area contributed by atoms with Gasteiger partial charge in [0.25, 0.3) is 0 Å². The predicted molar refractivity (Wildman–Crippen MR) is 120 cm³/mol. The van der Waals surface area contributed by atoms with Gasteiger partial charge < -0.3 is 14.8 Å². The maximum atomic E-state index is 12.7. The molecule has 3 rings (SSSR count).